The van der Waals surface area contributed by atoms with Crippen molar-refractivity contribution in [2.75, 3.05) is 25.0 Å². The van der Waals surface area contributed by atoms with Gasteiger partial charge in [-0.1, -0.05) is 32.0 Å². The van der Waals surface area contributed by atoms with Gasteiger partial charge < -0.3 is 10.1 Å². The third kappa shape index (κ3) is 4.84. The highest BCUT2D eigenvalue weighted by Gasteiger charge is 2.21. The summed E-state index contributed by atoms with van der Waals surface area (Å²) in [6.07, 6.45) is 0. The number of aromatic nitrogens is 2. The number of carbonyl (C=O) groups excluding carboxylic acids is 2. The van der Waals surface area contributed by atoms with E-state index in [4.69, 9.17) is 4.74 Å². The molecule has 0 aliphatic heterocycles. The molecule has 1 aromatic heterocycles. The largest absolute Gasteiger partial charge is 0.451 e. The van der Waals surface area contributed by atoms with Gasteiger partial charge >= 0.3 is 5.97 Å². The third-order valence-corrected chi connectivity index (χ3v) is 6.77. The van der Waals surface area contributed by atoms with Crippen LogP contribution in [-0.2, 0) is 19.6 Å². The van der Waals surface area contributed by atoms with Gasteiger partial charge in [0.1, 0.15) is 0 Å². The fourth-order valence-electron chi connectivity index (χ4n) is 3.09. The van der Waals surface area contributed by atoms with E-state index in [0.717, 1.165) is 0 Å². The molecule has 0 saturated carbocycles. The number of anilines is 1. The molecule has 0 aliphatic carbocycles. The summed E-state index contributed by atoms with van der Waals surface area (Å²) in [4.78, 5) is 36.4. The predicted molar refractivity (Wildman–Crippen MR) is 118 cm³/mol. The summed E-state index contributed by atoms with van der Waals surface area (Å²) >= 11 is 0. The zero-order valence-corrected chi connectivity index (χ0v) is 18.3. The number of sulfonamides is 1. The second-order valence-electron chi connectivity index (χ2n) is 6.68. The SMILES string of the molecule is CCN(CC)S(=O)(=O)c1ccc(NC(=O)COC(=O)c2n[nH]c(=O)c3ccccc23)cc1. The number of rotatable bonds is 8. The first-order valence-electron chi connectivity index (χ1n) is 9.82. The Morgan fingerprint density at radius 3 is 2.28 bits per heavy atom. The molecule has 0 fully saturated rings. The molecular formula is C21H22N4O6S. The lowest BCUT2D eigenvalue weighted by Crippen LogP contribution is -2.30. The van der Waals surface area contributed by atoms with Crippen molar-refractivity contribution >= 4 is 38.4 Å². The average Bonchev–Trinajstić information content (AvgIpc) is 2.79. The first kappa shape index (κ1) is 23.1. The van der Waals surface area contributed by atoms with Gasteiger partial charge in [0.05, 0.1) is 10.3 Å². The second kappa shape index (κ2) is 9.71. The normalized spacial score (nSPS) is 11.5. The molecule has 168 valence electrons. The fourth-order valence-corrected chi connectivity index (χ4v) is 4.55. The molecule has 0 radical (unpaired) electrons. The van der Waals surface area contributed by atoms with Crippen LogP contribution in [0.5, 0.6) is 0 Å². The van der Waals surface area contributed by atoms with Crippen LogP contribution in [0.15, 0.2) is 58.2 Å². The van der Waals surface area contributed by atoms with Crippen LogP contribution >= 0.6 is 0 Å². The molecule has 1 heterocycles. The number of H-pyrrole nitrogens is 1. The molecule has 11 heteroatoms. The molecule has 0 spiro atoms. The Morgan fingerprint density at radius 1 is 1.03 bits per heavy atom. The number of carbonyl (C=O) groups is 2. The van der Waals surface area contributed by atoms with Crippen molar-refractivity contribution < 1.29 is 22.7 Å². The number of benzene rings is 2. The molecule has 0 aliphatic rings. The molecule has 3 aromatic rings. The van der Waals surface area contributed by atoms with E-state index in [1.807, 2.05) is 0 Å². The highest BCUT2D eigenvalue weighted by Crippen LogP contribution is 2.18. The van der Waals surface area contributed by atoms with Crippen molar-refractivity contribution in [3.05, 3.63) is 64.6 Å². The van der Waals surface area contributed by atoms with Gasteiger partial charge in [-0.25, -0.2) is 18.3 Å². The van der Waals surface area contributed by atoms with Crippen LogP contribution in [0.1, 0.15) is 24.3 Å². The van der Waals surface area contributed by atoms with Gasteiger partial charge in [0.25, 0.3) is 11.5 Å². The van der Waals surface area contributed by atoms with E-state index < -0.39 is 34.1 Å². The van der Waals surface area contributed by atoms with Crippen molar-refractivity contribution in [3.63, 3.8) is 0 Å². The van der Waals surface area contributed by atoms with E-state index >= 15 is 0 Å². The molecular weight excluding hydrogens is 436 g/mol. The molecule has 0 atom stereocenters. The predicted octanol–water partition coefficient (Wildman–Crippen LogP) is 1.75. The number of hydrogen-bond acceptors (Lipinski definition) is 7. The monoisotopic (exact) mass is 458 g/mol. The Bertz CT molecular complexity index is 1300. The van der Waals surface area contributed by atoms with Gasteiger partial charge in [-0.15, -0.1) is 0 Å². The second-order valence-corrected chi connectivity index (χ2v) is 8.62. The zero-order valence-electron chi connectivity index (χ0n) is 17.5. The van der Waals surface area contributed by atoms with Crippen LogP contribution in [0.4, 0.5) is 5.69 Å². The highest BCUT2D eigenvalue weighted by molar-refractivity contribution is 7.89. The molecule has 0 unspecified atom stereocenters. The lowest BCUT2D eigenvalue weighted by atomic mass is 10.1. The Balaban J connectivity index is 1.64. The topological polar surface area (TPSA) is 139 Å². The summed E-state index contributed by atoms with van der Waals surface area (Å²) in [7, 11) is -3.60. The van der Waals surface area contributed by atoms with E-state index in [1.165, 1.54) is 28.6 Å². The van der Waals surface area contributed by atoms with Crippen molar-refractivity contribution in [1.82, 2.24) is 14.5 Å². The Morgan fingerprint density at radius 2 is 1.66 bits per heavy atom. The minimum atomic E-state index is -3.60. The summed E-state index contributed by atoms with van der Waals surface area (Å²) in [6.45, 7) is 3.61. The first-order chi connectivity index (χ1) is 15.3. The molecule has 1 amide bonds. The molecule has 3 rings (SSSR count). The van der Waals surface area contributed by atoms with Crippen molar-refractivity contribution in [1.29, 1.82) is 0 Å². The molecule has 2 N–H and O–H groups in total. The minimum absolute atomic E-state index is 0.112. The number of esters is 1. The van der Waals surface area contributed by atoms with E-state index in [1.54, 1.807) is 38.1 Å². The van der Waals surface area contributed by atoms with E-state index in [2.05, 4.69) is 15.5 Å². The van der Waals surface area contributed by atoms with Gasteiger partial charge in [-0.3, -0.25) is 9.59 Å². The number of amides is 1. The molecule has 10 nitrogen and oxygen atoms in total. The first-order valence-corrected chi connectivity index (χ1v) is 11.3. The van der Waals surface area contributed by atoms with Crippen LogP contribution in [0, 0.1) is 0 Å². The Kier molecular flexibility index (Phi) is 7.01. The average molecular weight is 458 g/mol. The summed E-state index contributed by atoms with van der Waals surface area (Å²) in [6, 6.07) is 12.1. The molecule has 2 aromatic carbocycles. The maximum absolute atomic E-state index is 12.5. The van der Waals surface area contributed by atoms with Crippen molar-refractivity contribution in [2.45, 2.75) is 18.7 Å². The van der Waals surface area contributed by atoms with Crippen LogP contribution in [0.2, 0.25) is 0 Å². The van der Waals surface area contributed by atoms with E-state index in [0.29, 0.717) is 24.2 Å². The van der Waals surface area contributed by atoms with Crippen LogP contribution < -0.4 is 10.9 Å². The lowest BCUT2D eigenvalue weighted by Gasteiger charge is -2.18. The van der Waals surface area contributed by atoms with Crippen molar-refractivity contribution in [2.24, 2.45) is 0 Å². The fraction of sp³-hybridized carbons (Fsp3) is 0.238. The van der Waals surface area contributed by atoms with Gasteiger partial charge in [-0.05, 0) is 30.3 Å². The third-order valence-electron chi connectivity index (χ3n) is 4.71. The Hall–Kier alpha value is -3.57. The lowest BCUT2D eigenvalue weighted by molar-refractivity contribution is -0.119. The zero-order chi connectivity index (χ0) is 23.3. The van der Waals surface area contributed by atoms with Gasteiger partial charge in [-0.2, -0.15) is 9.40 Å². The number of ether oxygens (including phenoxy) is 1. The standard InChI is InChI=1S/C21H22N4O6S/c1-3-25(4-2)32(29,30)15-11-9-14(10-12-15)22-18(26)13-31-21(28)19-16-7-5-6-8-17(16)20(27)24-23-19/h5-12H,3-4,13H2,1-2H3,(H,22,26)(H,24,27). The number of aromatic amines is 1. The Labute approximate surface area is 184 Å². The number of fused-ring (bicyclic) bond motifs is 1. The van der Waals surface area contributed by atoms with Gasteiger partial charge in [0.15, 0.2) is 12.3 Å². The van der Waals surface area contributed by atoms with Gasteiger partial charge in [0, 0.05) is 24.2 Å². The van der Waals surface area contributed by atoms with E-state index in [9.17, 15) is 22.8 Å². The maximum Gasteiger partial charge on any atom is 0.359 e. The van der Waals surface area contributed by atoms with Crippen LogP contribution in [0.3, 0.4) is 0 Å². The summed E-state index contributed by atoms with van der Waals surface area (Å²) in [5.74, 6) is -1.49. The summed E-state index contributed by atoms with van der Waals surface area (Å²) in [5, 5.41) is 9.07. The van der Waals surface area contributed by atoms with Crippen molar-refractivity contribution in [3.8, 4) is 0 Å². The van der Waals surface area contributed by atoms with Crippen LogP contribution in [0.25, 0.3) is 10.8 Å². The minimum Gasteiger partial charge on any atom is -0.451 e. The molecule has 0 saturated heterocycles. The number of nitrogens with zero attached hydrogens (tertiary/aromatic N) is 2. The quantitative estimate of drug-likeness (QED) is 0.490. The number of nitrogens with one attached hydrogen (secondary N) is 2. The summed E-state index contributed by atoms with van der Waals surface area (Å²) < 4.78 is 31.4. The van der Waals surface area contributed by atoms with E-state index in [-0.39, 0.29) is 16.0 Å². The maximum atomic E-state index is 12.5. The van der Waals surface area contributed by atoms with Crippen LogP contribution in [-0.4, -0.2) is 54.5 Å². The summed E-state index contributed by atoms with van der Waals surface area (Å²) in [5.41, 5.74) is -0.211. The number of hydrogen-bond donors (Lipinski definition) is 2. The van der Waals surface area contributed by atoms with Gasteiger partial charge in [0.2, 0.25) is 10.0 Å². The smallest absolute Gasteiger partial charge is 0.359 e. The molecule has 0 bridgehead atoms. The highest BCUT2D eigenvalue weighted by atomic mass is 32.2. The molecule has 32 heavy (non-hydrogen) atoms.